The minimum atomic E-state index is -0.269. The number of para-hydroxylation sites is 2. The summed E-state index contributed by atoms with van der Waals surface area (Å²) in [6, 6.07) is 14.5. The van der Waals surface area contributed by atoms with Gasteiger partial charge in [-0.2, -0.15) is 0 Å². The molecule has 0 spiro atoms. The maximum Gasteiger partial charge on any atom is 0.262 e. The van der Waals surface area contributed by atoms with Crippen LogP contribution in [0.4, 0.5) is 5.69 Å². The third kappa shape index (κ3) is 6.33. The van der Waals surface area contributed by atoms with Crippen LogP contribution in [-0.2, 0) is 9.59 Å². The third-order valence-electron chi connectivity index (χ3n) is 3.98. The molecule has 0 radical (unpaired) electrons. The second kappa shape index (κ2) is 10.2. The van der Waals surface area contributed by atoms with Gasteiger partial charge in [0, 0.05) is 18.8 Å². The lowest BCUT2D eigenvalue weighted by Gasteiger charge is -2.19. The first kappa shape index (κ1) is 20.3. The lowest BCUT2D eigenvalue weighted by atomic mass is 10.2. The smallest absolute Gasteiger partial charge is 0.262 e. The van der Waals surface area contributed by atoms with Crippen LogP contribution in [0.1, 0.15) is 19.4 Å². The van der Waals surface area contributed by atoms with Gasteiger partial charge in [-0.15, -0.1) is 0 Å². The first-order valence-electron chi connectivity index (χ1n) is 9.02. The van der Waals surface area contributed by atoms with Gasteiger partial charge in [-0.3, -0.25) is 9.59 Å². The van der Waals surface area contributed by atoms with Crippen LogP contribution < -0.4 is 14.8 Å². The molecule has 0 saturated carbocycles. The van der Waals surface area contributed by atoms with Gasteiger partial charge >= 0.3 is 0 Å². The predicted molar refractivity (Wildman–Crippen MR) is 105 cm³/mol. The molecule has 2 aromatic rings. The highest BCUT2D eigenvalue weighted by Crippen LogP contribution is 2.26. The van der Waals surface area contributed by atoms with Gasteiger partial charge in [0.1, 0.15) is 0 Å². The van der Waals surface area contributed by atoms with Crippen molar-refractivity contribution in [2.45, 2.75) is 20.8 Å². The van der Waals surface area contributed by atoms with Crippen LogP contribution in [0.2, 0.25) is 0 Å². The quantitative estimate of drug-likeness (QED) is 0.736. The Morgan fingerprint density at radius 3 is 2.15 bits per heavy atom. The number of likely N-dealkylation sites (N-methyl/N-ethyl adjacent to an activating group) is 1. The standard InChI is InChI=1S/C21H26N2O4/c1-4-23(5-2)21(25)15-27-19-12-7-6-11-18(19)26-14-20(24)22-17-10-8-9-16(3)13-17/h6-13H,4-5,14-15H2,1-3H3,(H,22,24). The molecule has 1 N–H and O–H groups in total. The van der Waals surface area contributed by atoms with Crippen LogP contribution in [-0.4, -0.2) is 43.0 Å². The van der Waals surface area contributed by atoms with Crippen molar-refractivity contribution in [1.29, 1.82) is 0 Å². The van der Waals surface area contributed by atoms with Crippen LogP contribution in [0.3, 0.4) is 0 Å². The van der Waals surface area contributed by atoms with Crippen molar-refractivity contribution in [3.63, 3.8) is 0 Å². The highest BCUT2D eigenvalue weighted by molar-refractivity contribution is 5.92. The normalized spacial score (nSPS) is 10.2. The molecule has 2 aromatic carbocycles. The molecule has 6 nitrogen and oxygen atoms in total. The largest absolute Gasteiger partial charge is 0.480 e. The second-order valence-corrected chi connectivity index (χ2v) is 6.01. The summed E-state index contributed by atoms with van der Waals surface area (Å²) in [4.78, 5) is 25.9. The summed E-state index contributed by atoms with van der Waals surface area (Å²) in [6.45, 7) is 6.84. The molecule has 2 rings (SSSR count). The van der Waals surface area contributed by atoms with Crippen LogP contribution in [0, 0.1) is 6.92 Å². The number of anilines is 1. The van der Waals surface area contributed by atoms with E-state index in [0.717, 1.165) is 11.3 Å². The molecule has 0 bridgehead atoms. The van der Waals surface area contributed by atoms with Gasteiger partial charge in [-0.05, 0) is 50.6 Å². The number of amides is 2. The van der Waals surface area contributed by atoms with Gasteiger partial charge in [0.15, 0.2) is 24.7 Å². The fourth-order valence-corrected chi connectivity index (χ4v) is 2.56. The van der Waals surface area contributed by atoms with Crippen molar-refractivity contribution in [3.05, 3.63) is 54.1 Å². The Labute approximate surface area is 160 Å². The van der Waals surface area contributed by atoms with Crippen LogP contribution in [0.15, 0.2) is 48.5 Å². The zero-order valence-corrected chi connectivity index (χ0v) is 16.0. The molecule has 144 valence electrons. The van der Waals surface area contributed by atoms with E-state index in [1.165, 1.54) is 0 Å². The van der Waals surface area contributed by atoms with Crippen LogP contribution >= 0.6 is 0 Å². The van der Waals surface area contributed by atoms with Crippen molar-refractivity contribution in [2.75, 3.05) is 31.6 Å². The number of hydrogen-bond donors (Lipinski definition) is 1. The van der Waals surface area contributed by atoms with E-state index in [1.807, 2.05) is 45.0 Å². The lowest BCUT2D eigenvalue weighted by molar-refractivity contribution is -0.133. The zero-order valence-electron chi connectivity index (χ0n) is 16.0. The molecule has 0 aliphatic rings. The van der Waals surface area contributed by atoms with Crippen molar-refractivity contribution in [3.8, 4) is 11.5 Å². The average Bonchev–Trinajstić information content (AvgIpc) is 2.66. The first-order valence-corrected chi connectivity index (χ1v) is 9.02. The molecule has 0 heterocycles. The number of nitrogens with one attached hydrogen (secondary N) is 1. The molecule has 0 saturated heterocycles. The maximum absolute atomic E-state index is 12.1. The molecule has 0 atom stereocenters. The summed E-state index contributed by atoms with van der Waals surface area (Å²) in [7, 11) is 0. The Bertz CT molecular complexity index is 772. The molecule has 6 heteroatoms. The summed E-state index contributed by atoms with van der Waals surface area (Å²) in [6.07, 6.45) is 0. The number of benzene rings is 2. The highest BCUT2D eigenvalue weighted by atomic mass is 16.5. The summed E-state index contributed by atoms with van der Waals surface area (Å²) in [5.41, 5.74) is 1.78. The van der Waals surface area contributed by atoms with Gasteiger partial charge in [-0.25, -0.2) is 0 Å². The van der Waals surface area contributed by atoms with E-state index in [4.69, 9.17) is 9.47 Å². The Balaban J connectivity index is 1.91. The van der Waals surface area contributed by atoms with E-state index in [9.17, 15) is 9.59 Å². The predicted octanol–water partition coefficient (Wildman–Crippen LogP) is 3.26. The van der Waals surface area contributed by atoms with Crippen molar-refractivity contribution >= 4 is 17.5 Å². The molecule has 2 amide bonds. The van der Waals surface area contributed by atoms with Gasteiger partial charge in [0.2, 0.25) is 0 Å². The summed E-state index contributed by atoms with van der Waals surface area (Å²) >= 11 is 0. The van der Waals surface area contributed by atoms with E-state index in [-0.39, 0.29) is 25.0 Å². The van der Waals surface area contributed by atoms with E-state index < -0.39 is 0 Å². The molecule has 0 unspecified atom stereocenters. The van der Waals surface area contributed by atoms with Gasteiger partial charge in [-0.1, -0.05) is 24.3 Å². The molecule has 0 aliphatic carbocycles. The molecule has 0 fully saturated rings. The molecular formula is C21H26N2O4. The van der Waals surface area contributed by atoms with Gasteiger partial charge in [0.25, 0.3) is 11.8 Å². The first-order chi connectivity index (χ1) is 13.0. The summed E-state index contributed by atoms with van der Waals surface area (Å²) in [5, 5.41) is 2.79. The number of aryl methyl sites for hydroxylation is 1. The van der Waals surface area contributed by atoms with Crippen LogP contribution in [0.25, 0.3) is 0 Å². The number of hydrogen-bond acceptors (Lipinski definition) is 4. The number of rotatable bonds is 9. The van der Waals surface area contributed by atoms with Crippen molar-refractivity contribution in [2.24, 2.45) is 0 Å². The lowest BCUT2D eigenvalue weighted by Crippen LogP contribution is -2.34. The Hall–Kier alpha value is -3.02. The fraction of sp³-hybridized carbons (Fsp3) is 0.333. The Morgan fingerprint density at radius 2 is 1.56 bits per heavy atom. The van der Waals surface area contributed by atoms with Gasteiger partial charge in [0.05, 0.1) is 0 Å². The molecular weight excluding hydrogens is 344 g/mol. The maximum atomic E-state index is 12.1. The second-order valence-electron chi connectivity index (χ2n) is 6.01. The summed E-state index contributed by atoms with van der Waals surface area (Å²) in [5.74, 6) is 0.493. The topological polar surface area (TPSA) is 67.9 Å². The number of carbonyl (C=O) groups is 2. The van der Waals surface area contributed by atoms with E-state index in [1.54, 1.807) is 29.2 Å². The van der Waals surface area contributed by atoms with Crippen molar-refractivity contribution < 1.29 is 19.1 Å². The minimum Gasteiger partial charge on any atom is -0.480 e. The SMILES string of the molecule is CCN(CC)C(=O)COc1ccccc1OCC(=O)Nc1cccc(C)c1. The Morgan fingerprint density at radius 1 is 0.926 bits per heavy atom. The fourth-order valence-electron chi connectivity index (χ4n) is 2.56. The molecule has 0 aromatic heterocycles. The van der Waals surface area contributed by atoms with Crippen LogP contribution in [0.5, 0.6) is 11.5 Å². The number of nitrogens with zero attached hydrogens (tertiary/aromatic N) is 1. The van der Waals surface area contributed by atoms with E-state index in [0.29, 0.717) is 24.6 Å². The Kier molecular flexibility index (Phi) is 7.67. The molecule has 27 heavy (non-hydrogen) atoms. The molecule has 0 aliphatic heterocycles. The van der Waals surface area contributed by atoms with Gasteiger partial charge < -0.3 is 19.7 Å². The van der Waals surface area contributed by atoms with E-state index in [2.05, 4.69) is 5.32 Å². The number of carbonyl (C=O) groups excluding carboxylic acids is 2. The van der Waals surface area contributed by atoms with Crippen molar-refractivity contribution in [1.82, 2.24) is 4.90 Å². The summed E-state index contributed by atoms with van der Waals surface area (Å²) < 4.78 is 11.2. The zero-order chi connectivity index (χ0) is 19.6. The van der Waals surface area contributed by atoms with E-state index >= 15 is 0 Å². The minimum absolute atomic E-state index is 0.0719. The third-order valence-corrected chi connectivity index (χ3v) is 3.98. The number of ether oxygens (including phenoxy) is 2. The average molecular weight is 370 g/mol. The monoisotopic (exact) mass is 370 g/mol. The highest BCUT2D eigenvalue weighted by Gasteiger charge is 2.13.